The van der Waals surface area contributed by atoms with Gasteiger partial charge in [0.2, 0.25) is 0 Å². The quantitative estimate of drug-likeness (QED) is 0.655. The number of nitrogens with one attached hydrogen (secondary N) is 1. The number of hydrogen-bond acceptors (Lipinski definition) is 1. The van der Waals surface area contributed by atoms with Crippen LogP contribution in [0.5, 0.6) is 0 Å². The van der Waals surface area contributed by atoms with Gasteiger partial charge in [-0.2, -0.15) is 0 Å². The number of pyridine rings is 1. The predicted octanol–water partition coefficient (Wildman–Crippen LogP) is 3.62. The lowest BCUT2D eigenvalue weighted by atomic mass is 10.3. The van der Waals surface area contributed by atoms with Gasteiger partial charge in [-0.15, -0.1) is 0 Å². The van der Waals surface area contributed by atoms with Crippen molar-refractivity contribution in [3.8, 4) is 0 Å². The van der Waals surface area contributed by atoms with E-state index in [0.29, 0.717) is 0 Å². The van der Waals surface area contributed by atoms with E-state index in [0.717, 1.165) is 5.52 Å². The van der Waals surface area contributed by atoms with E-state index in [-0.39, 0.29) is 0 Å². The molecule has 2 nitrogen and oxygen atoms in total. The average Bonchev–Trinajstić information content (AvgIpc) is 2.71. The number of H-pyrrole nitrogens is 1. The van der Waals surface area contributed by atoms with Crippen molar-refractivity contribution in [2.24, 2.45) is 0 Å². The van der Waals surface area contributed by atoms with Crippen molar-refractivity contribution in [1.82, 2.24) is 9.97 Å². The molecule has 0 saturated carbocycles. The van der Waals surface area contributed by atoms with E-state index in [4.69, 9.17) is 0 Å². The molecule has 0 aromatic carbocycles. The molecule has 1 N–H and O–H groups in total. The highest BCUT2D eigenvalue weighted by Crippen LogP contribution is 2.07. The van der Waals surface area contributed by atoms with Crippen LogP contribution in [0.15, 0.2) is 30.7 Å². The second-order valence-corrected chi connectivity index (χ2v) is 1.94. The fourth-order valence-corrected chi connectivity index (χ4v) is 0.892. The van der Waals surface area contributed by atoms with Gasteiger partial charge >= 0.3 is 0 Å². The molecule has 72 valence electrons. The zero-order valence-corrected chi connectivity index (χ0v) is 8.83. The number of fused-ring (bicyclic) bond motifs is 1. The molecule has 2 heterocycles. The van der Waals surface area contributed by atoms with Crippen molar-refractivity contribution in [3.05, 3.63) is 30.7 Å². The Kier molecular flexibility index (Phi) is 6.60. The monoisotopic (exact) mass is 178 g/mol. The molecule has 2 rings (SSSR count). The van der Waals surface area contributed by atoms with E-state index in [1.807, 2.05) is 52.2 Å². The molecule has 0 unspecified atom stereocenters. The molecule has 0 bridgehead atoms. The molecule has 2 aromatic rings. The van der Waals surface area contributed by atoms with Crippen LogP contribution in [0.25, 0.3) is 10.9 Å². The molecule has 0 amide bonds. The Balaban J connectivity index is 0.000000322. The number of aromatic amines is 1. The molecule has 0 fully saturated rings. The van der Waals surface area contributed by atoms with Crippen LogP contribution in [0.1, 0.15) is 27.7 Å². The molecule has 0 aliphatic carbocycles. The van der Waals surface area contributed by atoms with Gasteiger partial charge in [0.25, 0.3) is 0 Å². The molecule has 0 spiro atoms. The minimum Gasteiger partial charge on any atom is -0.360 e. The predicted molar refractivity (Wildman–Crippen MR) is 58.8 cm³/mol. The Morgan fingerprint density at radius 1 is 1.08 bits per heavy atom. The Morgan fingerprint density at radius 3 is 2.38 bits per heavy atom. The zero-order valence-electron chi connectivity index (χ0n) is 8.83. The first kappa shape index (κ1) is 11.7. The highest BCUT2D eigenvalue weighted by Gasteiger charge is 1.87. The molecule has 0 radical (unpaired) electrons. The first-order valence-corrected chi connectivity index (χ1v) is 4.84. The minimum atomic E-state index is 1.09. The SMILES string of the molecule is CC.CC.c1cc2cc[nH]c2cn1. The van der Waals surface area contributed by atoms with Crippen molar-refractivity contribution in [2.45, 2.75) is 27.7 Å². The number of rotatable bonds is 0. The largest absolute Gasteiger partial charge is 0.360 e. The van der Waals surface area contributed by atoms with Gasteiger partial charge in [0.15, 0.2) is 0 Å². The van der Waals surface area contributed by atoms with Crippen LogP contribution in [0.3, 0.4) is 0 Å². The van der Waals surface area contributed by atoms with Crippen molar-refractivity contribution in [1.29, 1.82) is 0 Å². The Morgan fingerprint density at radius 2 is 1.77 bits per heavy atom. The van der Waals surface area contributed by atoms with Gasteiger partial charge in [-0.25, -0.2) is 0 Å². The Hall–Kier alpha value is -1.31. The maximum atomic E-state index is 3.95. The van der Waals surface area contributed by atoms with Gasteiger partial charge < -0.3 is 4.98 Å². The van der Waals surface area contributed by atoms with Crippen LogP contribution in [-0.4, -0.2) is 9.97 Å². The molecule has 0 saturated heterocycles. The summed E-state index contributed by atoms with van der Waals surface area (Å²) in [5.41, 5.74) is 1.09. The molecule has 0 atom stereocenters. The highest BCUT2D eigenvalue weighted by atomic mass is 14.7. The minimum absolute atomic E-state index is 1.09. The third-order valence-corrected chi connectivity index (χ3v) is 1.36. The fourth-order valence-electron chi connectivity index (χ4n) is 0.892. The van der Waals surface area contributed by atoms with E-state index in [1.54, 1.807) is 6.20 Å². The summed E-state index contributed by atoms with van der Waals surface area (Å²) in [6.45, 7) is 8.00. The smallest absolute Gasteiger partial charge is 0.0640 e. The van der Waals surface area contributed by atoms with Gasteiger partial charge in [-0.1, -0.05) is 27.7 Å². The fraction of sp³-hybridized carbons (Fsp3) is 0.364. The molecular formula is C11H18N2. The Labute approximate surface area is 80.0 Å². The average molecular weight is 178 g/mol. The van der Waals surface area contributed by atoms with Gasteiger partial charge in [0.05, 0.1) is 11.7 Å². The van der Waals surface area contributed by atoms with E-state index >= 15 is 0 Å². The highest BCUT2D eigenvalue weighted by molar-refractivity contribution is 5.77. The third kappa shape index (κ3) is 3.28. The number of nitrogens with zero attached hydrogens (tertiary/aromatic N) is 1. The van der Waals surface area contributed by atoms with E-state index < -0.39 is 0 Å². The molecule has 13 heavy (non-hydrogen) atoms. The second-order valence-electron chi connectivity index (χ2n) is 1.94. The van der Waals surface area contributed by atoms with E-state index in [2.05, 4.69) is 9.97 Å². The molecule has 0 aliphatic heterocycles. The lowest BCUT2D eigenvalue weighted by Crippen LogP contribution is -1.68. The molecule has 0 aliphatic rings. The standard InChI is InChI=1S/C7H6N2.2C2H6/c1-3-8-5-7-6(1)2-4-9-7;2*1-2/h1-5,9H;2*1-2H3. The van der Waals surface area contributed by atoms with E-state index in [1.165, 1.54) is 5.39 Å². The summed E-state index contributed by atoms with van der Waals surface area (Å²) in [5.74, 6) is 0. The second kappa shape index (κ2) is 7.35. The van der Waals surface area contributed by atoms with Crippen molar-refractivity contribution < 1.29 is 0 Å². The van der Waals surface area contributed by atoms with Crippen LogP contribution in [0.4, 0.5) is 0 Å². The van der Waals surface area contributed by atoms with Crippen LogP contribution in [0, 0.1) is 0 Å². The van der Waals surface area contributed by atoms with E-state index in [9.17, 15) is 0 Å². The van der Waals surface area contributed by atoms with Gasteiger partial charge in [-0.05, 0) is 12.1 Å². The number of aromatic nitrogens is 2. The van der Waals surface area contributed by atoms with Crippen molar-refractivity contribution in [3.63, 3.8) is 0 Å². The van der Waals surface area contributed by atoms with Crippen LogP contribution in [-0.2, 0) is 0 Å². The number of hydrogen-bond donors (Lipinski definition) is 1. The maximum Gasteiger partial charge on any atom is 0.0640 e. The first-order valence-electron chi connectivity index (χ1n) is 4.84. The Bertz CT molecular complexity index is 282. The molecule has 2 aromatic heterocycles. The lowest BCUT2D eigenvalue weighted by Gasteiger charge is -1.82. The summed E-state index contributed by atoms with van der Waals surface area (Å²) in [7, 11) is 0. The normalized spacial score (nSPS) is 8.00. The summed E-state index contributed by atoms with van der Waals surface area (Å²) >= 11 is 0. The van der Waals surface area contributed by atoms with Crippen molar-refractivity contribution in [2.75, 3.05) is 0 Å². The van der Waals surface area contributed by atoms with Gasteiger partial charge in [0.1, 0.15) is 0 Å². The van der Waals surface area contributed by atoms with Gasteiger partial charge in [0, 0.05) is 17.8 Å². The summed E-state index contributed by atoms with van der Waals surface area (Å²) in [4.78, 5) is 7.01. The topological polar surface area (TPSA) is 28.7 Å². The van der Waals surface area contributed by atoms with Crippen LogP contribution < -0.4 is 0 Å². The van der Waals surface area contributed by atoms with Crippen LogP contribution >= 0.6 is 0 Å². The summed E-state index contributed by atoms with van der Waals surface area (Å²) in [6, 6.07) is 4.00. The van der Waals surface area contributed by atoms with Gasteiger partial charge in [-0.3, -0.25) is 4.98 Å². The summed E-state index contributed by atoms with van der Waals surface area (Å²) in [6.07, 6.45) is 5.51. The lowest BCUT2D eigenvalue weighted by molar-refractivity contribution is 1.34. The summed E-state index contributed by atoms with van der Waals surface area (Å²) < 4.78 is 0. The summed E-state index contributed by atoms with van der Waals surface area (Å²) in [5, 5.41) is 1.21. The first-order chi connectivity index (χ1) is 6.47. The molecular weight excluding hydrogens is 160 g/mol. The zero-order chi connectivity index (χ0) is 10.1. The maximum absolute atomic E-state index is 3.95. The third-order valence-electron chi connectivity index (χ3n) is 1.36. The molecule has 2 heteroatoms. The van der Waals surface area contributed by atoms with Crippen molar-refractivity contribution >= 4 is 10.9 Å². The van der Waals surface area contributed by atoms with Crippen LogP contribution in [0.2, 0.25) is 0 Å².